The van der Waals surface area contributed by atoms with Crippen molar-refractivity contribution in [3.63, 3.8) is 0 Å². The van der Waals surface area contributed by atoms with Gasteiger partial charge in [-0.3, -0.25) is 14.4 Å². The van der Waals surface area contributed by atoms with Crippen LogP contribution in [0.3, 0.4) is 0 Å². The van der Waals surface area contributed by atoms with E-state index < -0.39 is 0 Å². The van der Waals surface area contributed by atoms with Crippen LogP contribution in [0.1, 0.15) is 40.0 Å². The molecule has 312 valence electrons. The number of nitrogens with zero attached hydrogens (tertiary/aromatic N) is 2. The highest BCUT2D eigenvalue weighted by molar-refractivity contribution is 8.77. The molecule has 0 spiro atoms. The van der Waals surface area contributed by atoms with Gasteiger partial charge in [-0.2, -0.15) is 12.6 Å². The quantitative estimate of drug-likeness (QED) is 0.0371. The van der Waals surface area contributed by atoms with Crippen LogP contribution in [-0.4, -0.2) is 101 Å². The van der Waals surface area contributed by atoms with Gasteiger partial charge in [0.15, 0.2) is 0 Å². The van der Waals surface area contributed by atoms with Crippen LogP contribution in [0.4, 0.5) is 0 Å². The molecule has 0 saturated heterocycles. The second kappa shape index (κ2) is 43.4. The number of nitrogens with two attached hydrogens (primary N) is 7. The van der Waals surface area contributed by atoms with Gasteiger partial charge in [-0.15, -0.1) is 0 Å². The molecule has 54 heavy (non-hydrogen) atoms. The second-order valence-electron chi connectivity index (χ2n) is 9.92. The van der Waals surface area contributed by atoms with Crippen LogP contribution in [0.2, 0.25) is 0 Å². The van der Waals surface area contributed by atoms with Crippen molar-refractivity contribution < 1.29 is 14.4 Å². The van der Waals surface area contributed by atoms with Gasteiger partial charge in [0.1, 0.15) is 10.1 Å². The number of carbonyl (C=O) groups excluding carboxylic acids is 3. The first-order chi connectivity index (χ1) is 25.9. The van der Waals surface area contributed by atoms with Crippen LogP contribution in [0.5, 0.6) is 0 Å². The fourth-order valence-electron chi connectivity index (χ4n) is 2.50. The predicted molar refractivity (Wildman–Crippen MR) is 247 cm³/mol. The summed E-state index contributed by atoms with van der Waals surface area (Å²) in [5, 5.41) is 6.98. The Bertz CT molecular complexity index is 1140. The van der Waals surface area contributed by atoms with Gasteiger partial charge in [-0.25, -0.2) is 9.97 Å². The topological polar surface area (TPSA) is 295 Å². The van der Waals surface area contributed by atoms with E-state index in [1.165, 1.54) is 10.8 Å². The molecular weight excluding hydrogens is 845 g/mol. The van der Waals surface area contributed by atoms with E-state index in [-0.39, 0.29) is 40.6 Å². The average molecular weight is 907 g/mol. The molecule has 4 unspecified atom stereocenters. The molecule has 0 aromatic carbocycles. The summed E-state index contributed by atoms with van der Waals surface area (Å²) in [5.74, 6) is 2.44. The zero-order valence-corrected chi connectivity index (χ0v) is 37.9. The van der Waals surface area contributed by atoms with Gasteiger partial charge in [0.2, 0.25) is 17.7 Å². The molecular formula is C31H62N12O3S8. The lowest BCUT2D eigenvalue weighted by Crippen LogP contribution is -2.43. The second-order valence-corrected chi connectivity index (χ2v) is 18.3. The van der Waals surface area contributed by atoms with E-state index in [9.17, 15) is 14.4 Å². The van der Waals surface area contributed by atoms with Crippen molar-refractivity contribution in [2.45, 2.75) is 72.9 Å². The Kier molecular flexibility index (Phi) is 46.2. The fraction of sp³-hybridized carbons (Fsp3) is 0.581. The molecule has 3 amide bonds. The van der Waals surface area contributed by atoms with Gasteiger partial charge in [-0.05, 0) is 66.2 Å². The fourth-order valence-corrected chi connectivity index (χ4v) is 8.68. The normalized spacial score (nSPS) is 12.1. The molecule has 0 aliphatic carbocycles. The van der Waals surface area contributed by atoms with Crippen LogP contribution in [-0.2, 0) is 14.4 Å². The highest BCUT2D eigenvalue weighted by atomic mass is 33.1. The minimum atomic E-state index is -0.287. The Morgan fingerprint density at radius 1 is 0.685 bits per heavy atom. The largest absolute Gasteiger partial charge is 0.356 e. The minimum absolute atomic E-state index is 0.0533. The molecule has 0 radical (unpaired) electrons. The number of thiol groups is 2. The highest BCUT2D eigenvalue weighted by Crippen LogP contribution is 2.30. The Labute approximate surface area is 357 Å². The number of carbonyl (C=O) groups is 3. The summed E-state index contributed by atoms with van der Waals surface area (Å²) in [7, 11) is 9.48. The van der Waals surface area contributed by atoms with Crippen molar-refractivity contribution in [3.8, 4) is 0 Å². The third kappa shape index (κ3) is 40.9. The summed E-state index contributed by atoms with van der Waals surface area (Å²) in [6.07, 6.45) is 5.08. The van der Waals surface area contributed by atoms with Gasteiger partial charge in [0, 0.05) is 87.2 Å². The Morgan fingerprint density at radius 3 is 1.41 bits per heavy atom. The first-order valence-corrected chi connectivity index (χ1v) is 24.8. The average Bonchev–Trinajstić information content (AvgIpc) is 3.18. The first kappa shape index (κ1) is 57.6. The van der Waals surface area contributed by atoms with Crippen LogP contribution < -0.4 is 55.5 Å². The van der Waals surface area contributed by atoms with Crippen molar-refractivity contribution in [2.75, 3.05) is 50.0 Å². The molecule has 0 fully saturated rings. The van der Waals surface area contributed by atoms with E-state index in [2.05, 4.69) is 50.8 Å². The van der Waals surface area contributed by atoms with Crippen molar-refractivity contribution in [3.05, 3.63) is 48.8 Å². The molecule has 0 bridgehead atoms. The molecule has 4 atom stereocenters. The molecule has 0 saturated carbocycles. The number of aromatic nitrogens is 2. The SMILES string of the molecule is CCN.CCNC(=O)CCSSC(N)C(N)CN.CCNC(=O)CCSSc1ccccn1.NCC(N)C(N)S.O=C(CCSSc1ccccn1)NS. The maximum atomic E-state index is 11.1. The highest BCUT2D eigenvalue weighted by Gasteiger charge is 2.12. The molecule has 2 aromatic rings. The predicted octanol–water partition coefficient (Wildman–Crippen LogP) is 2.44. The summed E-state index contributed by atoms with van der Waals surface area (Å²) < 4.78 is 2.28. The molecule has 2 heterocycles. The van der Waals surface area contributed by atoms with Gasteiger partial charge in [0.25, 0.3) is 0 Å². The molecule has 17 N–H and O–H groups in total. The zero-order chi connectivity index (χ0) is 41.4. The van der Waals surface area contributed by atoms with Crippen LogP contribution in [0.15, 0.2) is 58.8 Å². The van der Waals surface area contributed by atoms with Crippen LogP contribution in [0.25, 0.3) is 0 Å². The van der Waals surface area contributed by atoms with E-state index >= 15 is 0 Å². The molecule has 2 aromatic heterocycles. The van der Waals surface area contributed by atoms with Gasteiger partial charge in [0.05, 0.1) is 10.7 Å². The molecule has 2 rings (SSSR count). The van der Waals surface area contributed by atoms with E-state index in [1.54, 1.807) is 66.4 Å². The smallest absolute Gasteiger partial charge is 0.230 e. The third-order valence-corrected chi connectivity index (χ3v) is 13.1. The monoisotopic (exact) mass is 906 g/mol. The van der Waals surface area contributed by atoms with Crippen molar-refractivity contribution in [1.29, 1.82) is 0 Å². The number of rotatable bonds is 21. The van der Waals surface area contributed by atoms with Crippen LogP contribution in [0, 0.1) is 0 Å². The Hall–Kier alpha value is -0.770. The Balaban J connectivity index is -0.000000643. The zero-order valence-electron chi connectivity index (χ0n) is 31.2. The summed E-state index contributed by atoms with van der Waals surface area (Å²) in [6, 6.07) is 11.2. The Morgan fingerprint density at radius 2 is 1.09 bits per heavy atom. The van der Waals surface area contributed by atoms with E-state index in [0.29, 0.717) is 45.4 Å². The van der Waals surface area contributed by atoms with E-state index in [1.807, 2.05) is 57.2 Å². The summed E-state index contributed by atoms with van der Waals surface area (Å²) in [4.78, 5) is 41.3. The third-order valence-electron chi connectivity index (χ3n) is 5.26. The lowest BCUT2D eigenvalue weighted by atomic mass is 10.3. The van der Waals surface area contributed by atoms with Crippen molar-refractivity contribution >= 4 is 108 Å². The number of pyridine rings is 2. The number of hydrogen-bond donors (Lipinski definition) is 12. The molecule has 23 heteroatoms. The van der Waals surface area contributed by atoms with Crippen molar-refractivity contribution in [2.24, 2.45) is 40.1 Å². The van der Waals surface area contributed by atoms with E-state index in [0.717, 1.165) is 33.9 Å². The minimum Gasteiger partial charge on any atom is -0.356 e. The molecule has 0 aliphatic rings. The van der Waals surface area contributed by atoms with Crippen LogP contribution >= 0.6 is 90.2 Å². The van der Waals surface area contributed by atoms with Crippen molar-refractivity contribution in [1.82, 2.24) is 25.3 Å². The lowest BCUT2D eigenvalue weighted by molar-refractivity contribution is -0.121. The van der Waals surface area contributed by atoms with Gasteiger partial charge < -0.3 is 55.5 Å². The standard InChI is InChI=1S/C10H14N2OS2.C8H20N4OS2.C8H10N2OS3.C3H11N3S.C2H7N/c1-2-11-9(13)6-8-14-15-10-5-3-4-7-12-10;1-2-12-7(13)3-4-14-15-8(11)6(10)5-9;11-7(10-12)4-6-13-14-8-3-1-2-5-9-8;4-1-2(5)3(6)7;1-2-3/h3-5,7H,2,6,8H2,1H3,(H,11,13);6,8H,2-5,9-11H2,1H3,(H,12,13);1-3,5,12H,4,6H2,(H,10,11);2-3,7H,1,4-6H2;2-3H2,1H3. The molecule has 0 aliphatic heterocycles. The number of nitrogens with one attached hydrogen (secondary N) is 3. The van der Waals surface area contributed by atoms with Gasteiger partial charge >= 0.3 is 0 Å². The summed E-state index contributed by atoms with van der Waals surface area (Å²) >= 11 is 7.51. The first-order valence-electron chi connectivity index (χ1n) is 16.8. The summed E-state index contributed by atoms with van der Waals surface area (Å²) in [5.41, 5.74) is 37.2. The maximum Gasteiger partial charge on any atom is 0.230 e. The van der Waals surface area contributed by atoms with E-state index in [4.69, 9.17) is 40.1 Å². The number of amides is 3. The lowest BCUT2D eigenvalue weighted by Gasteiger charge is -2.16. The number of hydrogen-bond acceptors (Lipinski definition) is 20. The maximum absolute atomic E-state index is 11.1. The van der Waals surface area contributed by atoms with Gasteiger partial charge in [-0.1, -0.05) is 75.0 Å². The molecule has 15 nitrogen and oxygen atoms in total. The summed E-state index contributed by atoms with van der Waals surface area (Å²) in [6.45, 7) is 8.63.